The number of amides is 1. The highest BCUT2D eigenvalue weighted by molar-refractivity contribution is 5.91. The maximum Gasteiger partial charge on any atom is 0.287 e. The van der Waals surface area contributed by atoms with Crippen molar-refractivity contribution in [2.75, 3.05) is 40.3 Å². The summed E-state index contributed by atoms with van der Waals surface area (Å²) in [6, 6.07) is 7.81. The molecule has 0 aliphatic carbocycles. The fraction of sp³-hybridized carbons (Fsp3) is 0.450. The van der Waals surface area contributed by atoms with Gasteiger partial charge in [0.2, 0.25) is 0 Å². The first-order valence-electron chi connectivity index (χ1n) is 9.10. The number of ether oxygens (including phenoxy) is 1. The second kappa shape index (κ2) is 8.54. The Morgan fingerprint density at radius 1 is 1.26 bits per heavy atom. The van der Waals surface area contributed by atoms with Crippen molar-refractivity contribution in [1.29, 1.82) is 0 Å². The van der Waals surface area contributed by atoms with E-state index in [1.807, 2.05) is 6.07 Å². The number of methoxy groups -OCH3 is 1. The second-order valence-electron chi connectivity index (χ2n) is 6.93. The summed E-state index contributed by atoms with van der Waals surface area (Å²) in [5, 5.41) is 2.84. The zero-order valence-electron chi connectivity index (χ0n) is 16.0. The summed E-state index contributed by atoms with van der Waals surface area (Å²) >= 11 is 0. The number of benzene rings is 1. The second-order valence-corrected chi connectivity index (χ2v) is 6.93. The molecule has 6 nitrogen and oxygen atoms in total. The molecule has 1 amide bonds. The molecule has 7 heteroatoms. The number of halogens is 1. The largest absolute Gasteiger partial charge is 0.494 e. The van der Waals surface area contributed by atoms with Crippen LogP contribution in [0.15, 0.2) is 34.7 Å². The van der Waals surface area contributed by atoms with Crippen molar-refractivity contribution in [3.05, 3.63) is 53.2 Å². The Morgan fingerprint density at radius 3 is 2.67 bits per heavy atom. The molecule has 0 radical (unpaired) electrons. The fourth-order valence-electron chi connectivity index (χ4n) is 3.11. The van der Waals surface area contributed by atoms with Crippen LogP contribution in [0.2, 0.25) is 0 Å². The van der Waals surface area contributed by atoms with E-state index >= 15 is 0 Å². The smallest absolute Gasteiger partial charge is 0.287 e. The van der Waals surface area contributed by atoms with E-state index in [4.69, 9.17) is 9.15 Å². The van der Waals surface area contributed by atoms with Gasteiger partial charge < -0.3 is 19.4 Å². The maximum absolute atomic E-state index is 13.9. The lowest BCUT2D eigenvalue weighted by molar-refractivity contribution is 0.0905. The van der Waals surface area contributed by atoms with Gasteiger partial charge in [0.1, 0.15) is 5.76 Å². The quantitative estimate of drug-likeness (QED) is 0.841. The first kappa shape index (κ1) is 19.4. The number of carbonyl (C=O) groups is 1. The SMILES string of the molecule is COc1ccc([C@H](C)NC(=O)c2ccc(CN3CCN(C)CC3)o2)cc1F. The third-order valence-corrected chi connectivity index (χ3v) is 4.88. The molecule has 1 atom stereocenters. The van der Waals surface area contributed by atoms with Crippen molar-refractivity contribution in [2.45, 2.75) is 19.5 Å². The summed E-state index contributed by atoms with van der Waals surface area (Å²) in [5.41, 5.74) is 0.658. The van der Waals surface area contributed by atoms with Gasteiger partial charge >= 0.3 is 0 Å². The summed E-state index contributed by atoms with van der Waals surface area (Å²) in [6.45, 7) is 6.53. The molecule has 1 aliphatic heterocycles. The lowest BCUT2D eigenvalue weighted by Gasteiger charge is -2.31. The third-order valence-electron chi connectivity index (χ3n) is 4.88. The number of nitrogens with zero attached hydrogens (tertiary/aromatic N) is 2. The maximum atomic E-state index is 13.9. The van der Waals surface area contributed by atoms with Gasteiger partial charge in [-0.1, -0.05) is 6.07 Å². The first-order valence-corrected chi connectivity index (χ1v) is 9.10. The number of likely N-dealkylation sites (N-methyl/N-ethyl adjacent to an activating group) is 1. The minimum Gasteiger partial charge on any atom is -0.494 e. The number of hydrogen-bond acceptors (Lipinski definition) is 5. The van der Waals surface area contributed by atoms with Gasteiger partial charge in [0.05, 0.1) is 19.7 Å². The monoisotopic (exact) mass is 375 g/mol. The van der Waals surface area contributed by atoms with Crippen LogP contribution in [0.1, 0.15) is 34.8 Å². The predicted molar refractivity (Wildman–Crippen MR) is 100 cm³/mol. The van der Waals surface area contributed by atoms with Crippen LogP contribution in [0, 0.1) is 5.82 Å². The van der Waals surface area contributed by atoms with Gasteiger partial charge in [-0.25, -0.2) is 4.39 Å². The highest BCUT2D eigenvalue weighted by Crippen LogP contribution is 2.22. The molecule has 0 spiro atoms. The van der Waals surface area contributed by atoms with Crippen molar-refractivity contribution in [2.24, 2.45) is 0 Å². The van der Waals surface area contributed by atoms with Crippen LogP contribution >= 0.6 is 0 Å². The number of rotatable bonds is 6. The number of furan rings is 1. The third kappa shape index (κ3) is 4.87. The van der Waals surface area contributed by atoms with Gasteiger partial charge in [-0.15, -0.1) is 0 Å². The first-order chi connectivity index (χ1) is 13.0. The van der Waals surface area contributed by atoms with E-state index in [1.54, 1.807) is 25.1 Å². The molecule has 1 aliphatic rings. The summed E-state index contributed by atoms with van der Waals surface area (Å²) in [4.78, 5) is 17.0. The van der Waals surface area contributed by atoms with E-state index in [1.165, 1.54) is 13.2 Å². The Bertz CT molecular complexity index is 785. The molecule has 2 aromatic rings. The molecule has 3 rings (SSSR count). The van der Waals surface area contributed by atoms with Gasteiger partial charge in [-0.2, -0.15) is 0 Å². The summed E-state index contributed by atoms with van der Waals surface area (Å²) in [5.74, 6) is 0.441. The van der Waals surface area contributed by atoms with Crippen LogP contribution in [-0.4, -0.2) is 56.0 Å². The van der Waals surface area contributed by atoms with Crippen LogP contribution in [0.4, 0.5) is 4.39 Å². The predicted octanol–water partition coefficient (Wildman–Crippen LogP) is 2.67. The van der Waals surface area contributed by atoms with Crippen molar-refractivity contribution < 1.29 is 18.3 Å². The molecule has 1 aromatic carbocycles. The molecular weight excluding hydrogens is 349 g/mol. The highest BCUT2D eigenvalue weighted by Gasteiger charge is 2.19. The number of nitrogens with one attached hydrogen (secondary N) is 1. The Kier molecular flexibility index (Phi) is 6.13. The van der Waals surface area contributed by atoms with Crippen LogP contribution in [-0.2, 0) is 6.54 Å². The molecule has 1 aromatic heterocycles. The average Bonchev–Trinajstić information content (AvgIpc) is 3.12. The molecule has 1 fully saturated rings. The Hall–Kier alpha value is -2.38. The molecular formula is C20H26FN3O3. The number of piperazine rings is 1. The van der Waals surface area contributed by atoms with Crippen molar-refractivity contribution in [1.82, 2.24) is 15.1 Å². The molecule has 27 heavy (non-hydrogen) atoms. The van der Waals surface area contributed by atoms with Gasteiger partial charge in [0.15, 0.2) is 17.3 Å². The molecule has 0 unspecified atom stereocenters. The Morgan fingerprint density at radius 2 is 2.00 bits per heavy atom. The van der Waals surface area contributed by atoms with E-state index in [2.05, 4.69) is 22.2 Å². The van der Waals surface area contributed by atoms with E-state index in [0.717, 1.165) is 31.9 Å². The highest BCUT2D eigenvalue weighted by atomic mass is 19.1. The molecule has 1 saturated heterocycles. The standard InChI is InChI=1S/C20H26FN3O3/c1-14(15-4-6-18(26-3)17(21)12-15)22-20(25)19-7-5-16(27-19)13-24-10-8-23(2)9-11-24/h4-7,12,14H,8-11,13H2,1-3H3,(H,22,25)/t14-/m0/s1. The zero-order valence-corrected chi connectivity index (χ0v) is 16.0. The minimum atomic E-state index is -0.455. The van der Waals surface area contributed by atoms with Gasteiger partial charge in [-0.3, -0.25) is 9.69 Å². The van der Waals surface area contributed by atoms with Crippen molar-refractivity contribution in [3.63, 3.8) is 0 Å². The summed E-state index contributed by atoms with van der Waals surface area (Å²) < 4.78 is 24.5. The number of carbonyl (C=O) groups excluding carboxylic acids is 1. The van der Waals surface area contributed by atoms with Crippen LogP contribution in [0.5, 0.6) is 5.75 Å². The lowest BCUT2D eigenvalue weighted by Crippen LogP contribution is -2.43. The van der Waals surface area contributed by atoms with E-state index < -0.39 is 5.82 Å². The zero-order chi connectivity index (χ0) is 19.4. The van der Waals surface area contributed by atoms with Crippen LogP contribution in [0.25, 0.3) is 0 Å². The molecule has 1 N–H and O–H groups in total. The number of hydrogen-bond donors (Lipinski definition) is 1. The van der Waals surface area contributed by atoms with Gasteiger partial charge in [-0.05, 0) is 43.8 Å². The summed E-state index contributed by atoms with van der Waals surface area (Å²) in [7, 11) is 3.53. The molecule has 2 heterocycles. The summed E-state index contributed by atoms with van der Waals surface area (Å²) in [6.07, 6.45) is 0. The normalized spacial score (nSPS) is 16.9. The average molecular weight is 375 g/mol. The fourth-order valence-corrected chi connectivity index (χ4v) is 3.11. The topological polar surface area (TPSA) is 58.0 Å². The van der Waals surface area contributed by atoms with Gasteiger partial charge in [0, 0.05) is 26.2 Å². The van der Waals surface area contributed by atoms with E-state index in [0.29, 0.717) is 12.1 Å². The Balaban J connectivity index is 1.58. The van der Waals surface area contributed by atoms with Crippen LogP contribution in [0.3, 0.4) is 0 Å². The van der Waals surface area contributed by atoms with Crippen LogP contribution < -0.4 is 10.1 Å². The molecule has 146 valence electrons. The molecule has 0 bridgehead atoms. The van der Waals surface area contributed by atoms with Crippen molar-refractivity contribution in [3.8, 4) is 5.75 Å². The minimum absolute atomic E-state index is 0.178. The van der Waals surface area contributed by atoms with Crippen molar-refractivity contribution >= 4 is 5.91 Å². The van der Waals surface area contributed by atoms with E-state index in [9.17, 15) is 9.18 Å². The Labute approximate surface area is 158 Å². The van der Waals surface area contributed by atoms with E-state index in [-0.39, 0.29) is 23.5 Å². The lowest BCUT2D eigenvalue weighted by atomic mass is 10.1. The molecule has 0 saturated carbocycles. The van der Waals surface area contributed by atoms with Gasteiger partial charge in [0.25, 0.3) is 5.91 Å².